The van der Waals surface area contributed by atoms with Crippen molar-refractivity contribution in [3.63, 3.8) is 0 Å². The van der Waals surface area contributed by atoms with Gasteiger partial charge in [-0.15, -0.1) is 0 Å². The summed E-state index contributed by atoms with van der Waals surface area (Å²) in [7, 11) is 0. The molecule has 1 amide bonds. The van der Waals surface area contributed by atoms with Crippen molar-refractivity contribution in [2.75, 3.05) is 19.6 Å². The predicted molar refractivity (Wildman–Crippen MR) is 74.5 cm³/mol. The summed E-state index contributed by atoms with van der Waals surface area (Å²) in [6.45, 7) is 2.50. The first-order valence-electron chi connectivity index (χ1n) is 7.69. The standard InChI is InChI=1S/C15H25N3O/c16-13-15(8-4-5-9-15)17-14(19)12-18-10-6-2-1-3-7-11-18/h1-12H2,(H,17,19). The van der Waals surface area contributed by atoms with E-state index in [0.717, 1.165) is 38.8 Å². The number of carbonyl (C=O) groups excluding carboxylic acids is 1. The van der Waals surface area contributed by atoms with Crippen LogP contribution in [0.3, 0.4) is 0 Å². The molecule has 1 aliphatic heterocycles. The van der Waals surface area contributed by atoms with E-state index in [0.29, 0.717) is 6.54 Å². The zero-order chi connectivity index (χ0) is 13.6. The Kier molecular flexibility index (Phi) is 5.21. The highest BCUT2D eigenvalue weighted by Gasteiger charge is 2.35. The molecule has 1 heterocycles. The summed E-state index contributed by atoms with van der Waals surface area (Å²) in [5, 5.41) is 12.3. The van der Waals surface area contributed by atoms with Gasteiger partial charge in [0.05, 0.1) is 12.6 Å². The Balaban J connectivity index is 1.81. The molecule has 0 aromatic heterocycles. The third-order valence-electron chi connectivity index (χ3n) is 4.37. The van der Waals surface area contributed by atoms with Gasteiger partial charge in [-0.05, 0) is 51.6 Å². The summed E-state index contributed by atoms with van der Waals surface area (Å²) in [6, 6.07) is 2.32. The third kappa shape index (κ3) is 4.21. The Bertz CT molecular complexity index is 334. The van der Waals surface area contributed by atoms with Crippen molar-refractivity contribution in [3.8, 4) is 6.07 Å². The van der Waals surface area contributed by atoms with Gasteiger partial charge in [0.25, 0.3) is 0 Å². The van der Waals surface area contributed by atoms with Crippen LogP contribution in [-0.2, 0) is 4.79 Å². The Morgan fingerprint density at radius 3 is 2.21 bits per heavy atom. The van der Waals surface area contributed by atoms with Crippen molar-refractivity contribution in [1.29, 1.82) is 5.26 Å². The van der Waals surface area contributed by atoms with Gasteiger partial charge >= 0.3 is 0 Å². The maximum Gasteiger partial charge on any atom is 0.235 e. The lowest BCUT2D eigenvalue weighted by Crippen LogP contribution is -2.49. The van der Waals surface area contributed by atoms with Crippen molar-refractivity contribution >= 4 is 5.91 Å². The first-order valence-corrected chi connectivity index (χ1v) is 7.69. The number of carbonyl (C=O) groups is 1. The fourth-order valence-corrected chi connectivity index (χ4v) is 3.22. The number of nitrogens with one attached hydrogen (secondary N) is 1. The van der Waals surface area contributed by atoms with Gasteiger partial charge in [-0.2, -0.15) is 5.26 Å². The number of hydrogen-bond acceptors (Lipinski definition) is 3. The summed E-state index contributed by atoms with van der Waals surface area (Å²) < 4.78 is 0. The molecular formula is C15H25N3O. The second kappa shape index (κ2) is 6.91. The SMILES string of the molecule is N#CC1(NC(=O)CN2CCCCCCC2)CCCC1. The topological polar surface area (TPSA) is 56.1 Å². The van der Waals surface area contributed by atoms with E-state index in [2.05, 4.69) is 16.3 Å². The lowest BCUT2D eigenvalue weighted by Gasteiger charge is -2.27. The van der Waals surface area contributed by atoms with Crippen molar-refractivity contribution < 1.29 is 4.79 Å². The minimum absolute atomic E-state index is 0.0315. The first-order chi connectivity index (χ1) is 9.24. The molecule has 2 rings (SSSR count). The number of nitriles is 1. The van der Waals surface area contributed by atoms with Crippen LogP contribution in [0.25, 0.3) is 0 Å². The van der Waals surface area contributed by atoms with E-state index in [1.807, 2.05) is 0 Å². The zero-order valence-corrected chi connectivity index (χ0v) is 11.8. The van der Waals surface area contributed by atoms with Gasteiger partial charge in [-0.3, -0.25) is 9.69 Å². The molecule has 4 nitrogen and oxygen atoms in total. The molecule has 1 N–H and O–H groups in total. The van der Waals surface area contributed by atoms with Gasteiger partial charge in [-0.25, -0.2) is 0 Å². The van der Waals surface area contributed by atoms with Crippen LogP contribution < -0.4 is 5.32 Å². The van der Waals surface area contributed by atoms with Crippen LogP contribution in [0.4, 0.5) is 0 Å². The molecule has 0 radical (unpaired) electrons. The minimum atomic E-state index is -0.570. The van der Waals surface area contributed by atoms with E-state index in [9.17, 15) is 10.1 Å². The molecule has 1 saturated heterocycles. The number of amides is 1. The van der Waals surface area contributed by atoms with Crippen molar-refractivity contribution in [1.82, 2.24) is 10.2 Å². The number of nitrogens with zero attached hydrogens (tertiary/aromatic N) is 2. The maximum atomic E-state index is 12.1. The van der Waals surface area contributed by atoms with Gasteiger partial charge in [-0.1, -0.05) is 19.3 Å². The highest BCUT2D eigenvalue weighted by molar-refractivity contribution is 5.79. The molecule has 1 aliphatic carbocycles. The first kappa shape index (κ1) is 14.3. The predicted octanol–water partition coefficient (Wildman–Crippen LogP) is 2.21. The minimum Gasteiger partial charge on any atom is -0.337 e. The molecule has 4 heteroatoms. The van der Waals surface area contributed by atoms with E-state index < -0.39 is 5.54 Å². The largest absolute Gasteiger partial charge is 0.337 e. The summed E-state index contributed by atoms with van der Waals surface area (Å²) in [6.07, 6.45) is 10.0. The summed E-state index contributed by atoms with van der Waals surface area (Å²) in [5.74, 6) is 0.0315. The van der Waals surface area contributed by atoms with Crippen molar-refractivity contribution in [2.45, 2.75) is 63.3 Å². The van der Waals surface area contributed by atoms with E-state index in [1.54, 1.807) is 0 Å². The van der Waals surface area contributed by atoms with Crippen LogP contribution in [0.2, 0.25) is 0 Å². The average molecular weight is 263 g/mol. The van der Waals surface area contributed by atoms with Gasteiger partial charge in [0, 0.05) is 0 Å². The van der Waals surface area contributed by atoms with Gasteiger partial charge < -0.3 is 5.32 Å². The quantitative estimate of drug-likeness (QED) is 0.849. The molecule has 0 spiro atoms. The van der Waals surface area contributed by atoms with Gasteiger partial charge in [0.15, 0.2) is 0 Å². The monoisotopic (exact) mass is 263 g/mol. The Labute approximate surface area is 116 Å². The Hall–Kier alpha value is -1.08. The highest BCUT2D eigenvalue weighted by Crippen LogP contribution is 2.28. The van der Waals surface area contributed by atoms with Crippen LogP contribution >= 0.6 is 0 Å². The molecule has 106 valence electrons. The van der Waals surface area contributed by atoms with E-state index in [1.165, 1.54) is 32.1 Å². The van der Waals surface area contributed by atoms with Gasteiger partial charge in [0.1, 0.15) is 5.54 Å². The highest BCUT2D eigenvalue weighted by atomic mass is 16.2. The van der Waals surface area contributed by atoms with E-state index in [4.69, 9.17) is 0 Å². The second-order valence-electron chi connectivity index (χ2n) is 5.99. The van der Waals surface area contributed by atoms with Gasteiger partial charge in [0.2, 0.25) is 5.91 Å². The van der Waals surface area contributed by atoms with Crippen LogP contribution in [0.15, 0.2) is 0 Å². The fourth-order valence-electron chi connectivity index (χ4n) is 3.22. The number of hydrogen-bond donors (Lipinski definition) is 1. The lowest BCUT2D eigenvalue weighted by molar-refractivity contribution is -0.123. The summed E-state index contributed by atoms with van der Waals surface area (Å²) >= 11 is 0. The molecule has 0 aromatic rings. The molecule has 0 aromatic carbocycles. The number of likely N-dealkylation sites (tertiary alicyclic amines) is 1. The second-order valence-corrected chi connectivity index (χ2v) is 5.99. The molecule has 2 fully saturated rings. The zero-order valence-electron chi connectivity index (χ0n) is 11.8. The average Bonchev–Trinajstić information content (AvgIpc) is 2.81. The van der Waals surface area contributed by atoms with Crippen LogP contribution in [0.5, 0.6) is 0 Å². The van der Waals surface area contributed by atoms with E-state index >= 15 is 0 Å². The van der Waals surface area contributed by atoms with Crippen LogP contribution in [0, 0.1) is 11.3 Å². The molecule has 1 saturated carbocycles. The molecular weight excluding hydrogens is 238 g/mol. The van der Waals surface area contributed by atoms with Crippen molar-refractivity contribution in [2.24, 2.45) is 0 Å². The van der Waals surface area contributed by atoms with Crippen LogP contribution in [-0.4, -0.2) is 36.0 Å². The molecule has 19 heavy (non-hydrogen) atoms. The molecule has 0 bridgehead atoms. The van der Waals surface area contributed by atoms with E-state index in [-0.39, 0.29) is 5.91 Å². The summed E-state index contributed by atoms with van der Waals surface area (Å²) in [5.41, 5.74) is -0.570. The molecule has 2 aliphatic rings. The number of rotatable bonds is 3. The fraction of sp³-hybridized carbons (Fsp3) is 0.867. The molecule has 0 atom stereocenters. The smallest absolute Gasteiger partial charge is 0.235 e. The third-order valence-corrected chi connectivity index (χ3v) is 4.37. The van der Waals surface area contributed by atoms with Crippen molar-refractivity contribution in [3.05, 3.63) is 0 Å². The molecule has 0 unspecified atom stereocenters. The maximum absolute atomic E-state index is 12.1. The lowest BCUT2D eigenvalue weighted by atomic mass is 10.00. The Morgan fingerprint density at radius 1 is 1.05 bits per heavy atom. The summed E-state index contributed by atoms with van der Waals surface area (Å²) in [4.78, 5) is 14.4. The normalized spacial score (nSPS) is 24.2. The van der Waals surface area contributed by atoms with Crippen LogP contribution in [0.1, 0.15) is 57.8 Å². The Morgan fingerprint density at radius 2 is 1.63 bits per heavy atom.